The fourth-order valence-electron chi connectivity index (χ4n) is 1.63. The molecule has 2 rings (SSSR count). The van der Waals surface area contributed by atoms with Crippen molar-refractivity contribution in [3.05, 3.63) is 44.6 Å². The maximum atomic E-state index is 5.17. The van der Waals surface area contributed by atoms with Gasteiger partial charge in [0.2, 0.25) is 0 Å². The van der Waals surface area contributed by atoms with Gasteiger partial charge in [-0.2, -0.15) is 0 Å². The Kier molecular flexibility index (Phi) is 3.85. The van der Waals surface area contributed by atoms with Gasteiger partial charge < -0.3 is 4.98 Å². The third-order valence-electron chi connectivity index (χ3n) is 2.29. The van der Waals surface area contributed by atoms with Crippen LogP contribution in [0.5, 0.6) is 0 Å². The van der Waals surface area contributed by atoms with Gasteiger partial charge in [-0.3, -0.25) is 0 Å². The Labute approximate surface area is 104 Å². The number of aryl methyl sites for hydroxylation is 1. The van der Waals surface area contributed by atoms with Gasteiger partial charge in [-0.1, -0.05) is 31.6 Å². The summed E-state index contributed by atoms with van der Waals surface area (Å²) in [5, 5.41) is 2.08. The van der Waals surface area contributed by atoms with Gasteiger partial charge in [0.25, 0.3) is 0 Å². The molecule has 2 aromatic rings. The summed E-state index contributed by atoms with van der Waals surface area (Å²) in [6.45, 7) is 2.16. The van der Waals surface area contributed by atoms with Crippen LogP contribution in [-0.4, -0.2) is 9.97 Å². The molecule has 0 saturated carbocycles. The zero-order chi connectivity index (χ0) is 11.4. The van der Waals surface area contributed by atoms with Gasteiger partial charge in [0.05, 0.1) is 0 Å². The molecule has 4 heteroatoms. The monoisotopic (exact) mass is 250 g/mol. The molecule has 0 spiro atoms. The molecule has 84 valence electrons. The predicted octanol–water partition coefficient (Wildman–Crippen LogP) is 3.74. The molecule has 0 amide bonds. The largest absolute Gasteiger partial charge is 0.347 e. The van der Waals surface area contributed by atoms with Gasteiger partial charge in [-0.15, -0.1) is 11.3 Å². The number of hydrogen-bond donors (Lipinski definition) is 1. The zero-order valence-electron chi connectivity index (χ0n) is 9.19. The van der Waals surface area contributed by atoms with E-state index in [1.807, 2.05) is 6.07 Å². The highest BCUT2D eigenvalue weighted by atomic mass is 32.1. The highest BCUT2D eigenvalue weighted by Crippen LogP contribution is 2.13. The molecule has 0 atom stereocenters. The second-order valence-electron chi connectivity index (χ2n) is 3.70. The average molecular weight is 250 g/mol. The zero-order valence-corrected chi connectivity index (χ0v) is 10.8. The van der Waals surface area contributed by atoms with E-state index in [0.717, 1.165) is 25.1 Å². The quantitative estimate of drug-likeness (QED) is 0.837. The Morgan fingerprint density at radius 3 is 3.06 bits per heavy atom. The van der Waals surface area contributed by atoms with Gasteiger partial charge in [0, 0.05) is 17.0 Å². The maximum absolute atomic E-state index is 5.17. The highest BCUT2D eigenvalue weighted by Gasteiger charge is 2.01. The van der Waals surface area contributed by atoms with E-state index in [9.17, 15) is 0 Å². The minimum absolute atomic E-state index is 0.689. The number of nitrogens with one attached hydrogen (secondary N) is 1. The summed E-state index contributed by atoms with van der Waals surface area (Å²) in [6.07, 6.45) is 3.00. The van der Waals surface area contributed by atoms with Crippen LogP contribution in [0.2, 0.25) is 0 Å². The Hall–Kier alpha value is -1.00. The number of H-pyrrole nitrogens is 1. The molecule has 2 nitrogen and oxygen atoms in total. The van der Waals surface area contributed by atoms with Crippen molar-refractivity contribution in [2.24, 2.45) is 0 Å². The van der Waals surface area contributed by atoms with Crippen molar-refractivity contribution in [1.29, 1.82) is 0 Å². The summed E-state index contributed by atoms with van der Waals surface area (Å²) in [7, 11) is 0. The van der Waals surface area contributed by atoms with Gasteiger partial charge in [0.15, 0.2) is 0 Å². The van der Waals surface area contributed by atoms with Gasteiger partial charge in [-0.25, -0.2) is 4.98 Å². The molecular formula is C12H14N2S2. The summed E-state index contributed by atoms with van der Waals surface area (Å²) in [5.74, 6) is 0.971. The number of nitrogens with zero attached hydrogens (tertiary/aromatic N) is 1. The third kappa shape index (κ3) is 3.00. The molecule has 16 heavy (non-hydrogen) atoms. The molecule has 0 aliphatic carbocycles. The Morgan fingerprint density at radius 1 is 1.50 bits per heavy atom. The molecule has 0 saturated heterocycles. The number of hydrogen-bond acceptors (Lipinski definition) is 3. The molecule has 2 heterocycles. The van der Waals surface area contributed by atoms with E-state index in [4.69, 9.17) is 12.2 Å². The number of aromatic amines is 1. The predicted molar refractivity (Wildman–Crippen MR) is 70.5 cm³/mol. The van der Waals surface area contributed by atoms with Gasteiger partial charge >= 0.3 is 0 Å². The summed E-state index contributed by atoms with van der Waals surface area (Å²) in [5.41, 5.74) is 1.19. The first-order chi connectivity index (χ1) is 7.78. The second kappa shape index (κ2) is 5.37. The normalized spacial score (nSPS) is 10.6. The highest BCUT2D eigenvalue weighted by molar-refractivity contribution is 7.71. The van der Waals surface area contributed by atoms with Crippen molar-refractivity contribution in [3.8, 4) is 0 Å². The van der Waals surface area contributed by atoms with Crippen molar-refractivity contribution >= 4 is 23.6 Å². The molecule has 0 unspecified atom stereocenters. The van der Waals surface area contributed by atoms with Crippen LogP contribution in [0.1, 0.15) is 29.7 Å². The lowest BCUT2D eigenvalue weighted by Crippen LogP contribution is -2.00. The molecule has 1 N–H and O–H groups in total. The van der Waals surface area contributed by atoms with Gasteiger partial charge in [-0.05, 0) is 23.9 Å². The Balaban J connectivity index is 2.23. The van der Waals surface area contributed by atoms with E-state index in [1.54, 1.807) is 11.3 Å². The maximum Gasteiger partial charge on any atom is 0.130 e. The fourth-order valence-corrected chi connectivity index (χ4v) is 2.59. The van der Waals surface area contributed by atoms with Crippen LogP contribution in [0.4, 0.5) is 0 Å². The molecule has 0 aliphatic rings. The fraction of sp³-hybridized carbons (Fsp3) is 0.333. The first-order valence-corrected chi connectivity index (χ1v) is 6.68. The van der Waals surface area contributed by atoms with Crippen LogP contribution < -0.4 is 0 Å². The molecule has 0 bridgehead atoms. The topological polar surface area (TPSA) is 28.7 Å². The van der Waals surface area contributed by atoms with E-state index >= 15 is 0 Å². The van der Waals surface area contributed by atoms with E-state index in [0.29, 0.717) is 4.64 Å². The van der Waals surface area contributed by atoms with Crippen molar-refractivity contribution in [3.63, 3.8) is 0 Å². The number of aromatic nitrogens is 2. The first-order valence-electron chi connectivity index (χ1n) is 5.39. The summed E-state index contributed by atoms with van der Waals surface area (Å²) >= 11 is 6.92. The van der Waals surface area contributed by atoms with Crippen molar-refractivity contribution < 1.29 is 0 Å². The smallest absolute Gasteiger partial charge is 0.130 e. The minimum atomic E-state index is 0.689. The van der Waals surface area contributed by atoms with Crippen LogP contribution in [0.3, 0.4) is 0 Å². The van der Waals surface area contributed by atoms with E-state index in [-0.39, 0.29) is 0 Å². The minimum Gasteiger partial charge on any atom is -0.347 e. The Morgan fingerprint density at radius 2 is 2.38 bits per heavy atom. The van der Waals surface area contributed by atoms with Crippen LogP contribution in [0.15, 0.2) is 23.6 Å². The summed E-state index contributed by atoms with van der Waals surface area (Å²) < 4.78 is 0.689. The molecule has 0 fully saturated rings. The van der Waals surface area contributed by atoms with Crippen molar-refractivity contribution in [2.75, 3.05) is 0 Å². The summed E-state index contributed by atoms with van der Waals surface area (Å²) in [4.78, 5) is 9.02. The first kappa shape index (κ1) is 11.5. The Bertz CT molecular complexity index is 500. The average Bonchev–Trinajstić information content (AvgIpc) is 2.70. The molecule has 0 radical (unpaired) electrons. The molecule has 0 aliphatic heterocycles. The van der Waals surface area contributed by atoms with Crippen LogP contribution >= 0.6 is 23.6 Å². The lowest BCUT2D eigenvalue weighted by Gasteiger charge is -2.03. The SMILES string of the molecule is CCCc1cc(=S)nc(Cc2cccs2)[nH]1. The third-order valence-corrected chi connectivity index (χ3v) is 3.37. The van der Waals surface area contributed by atoms with Crippen LogP contribution in [-0.2, 0) is 12.8 Å². The van der Waals surface area contributed by atoms with Crippen molar-refractivity contribution in [1.82, 2.24) is 9.97 Å². The standard InChI is InChI=1S/C12H14N2S2/c1-2-4-9-7-12(15)14-11(13-9)8-10-5-3-6-16-10/h3,5-7H,2,4,8H2,1H3,(H,13,14,15). The second-order valence-corrected chi connectivity index (χ2v) is 5.15. The van der Waals surface area contributed by atoms with E-state index in [1.165, 1.54) is 10.6 Å². The lowest BCUT2D eigenvalue weighted by molar-refractivity contribution is 0.840. The summed E-state index contributed by atoms with van der Waals surface area (Å²) in [6, 6.07) is 6.14. The molecule has 0 aromatic carbocycles. The van der Waals surface area contributed by atoms with Gasteiger partial charge in [0.1, 0.15) is 10.5 Å². The van der Waals surface area contributed by atoms with Crippen LogP contribution in [0.25, 0.3) is 0 Å². The molecule has 2 aromatic heterocycles. The van der Waals surface area contributed by atoms with E-state index < -0.39 is 0 Å². The molecular weight excluding hydrogens is 236 g/mol. The lowest BCUT2D eigenvalue weighted by atomic mass is 10.2. The van der Waals surface area contributed by atoms with Crippen LogP contribution in [0, 0.1) is 4.64 Å². The number of rotatable bonds is 4. The van der Waals surface area contributed by atoms with E-state index in [2.05, 4.69) is 34.4 Å². The van der Waals surface area contributed by atoms with Crippen molar-refractivity contribution in [2.45, 2.75) is 26.2 Å². The number of thiophene rings is 1.